The Hall–Kier alpha value is -1.75. The van der Waals surface area contributed by atoms with Gasteiger partial charge in [-0.25, -0.2) is 0 Å². The van der Waals surface area contributed by atoms with E-state index >= 15 is 0 Å². The predicted molar refractivity (Wildman–Crippen MR) is 76.9 cm³/mol. The van der Waals surface area contributed by atoms with Gasteiger partial charge in [0.25, 0.3) is 0 Å². The van der Waals surface area contributed by atoms with Crippen molar-refractivity contribution in [1.29, 1.82) is 0 Å². The summed E-state index contributed by atoms with van der Waals surface area (Å²) in [7, 11) is 3.25. The first kappa shape index (κ1) is 14.7. The number of nitrogens with zero attached hydrogens (tertiary/aromatic N) is 1. The Bertz CT molecular complexity index is 502. The summed E-state index contributed by atoms with van der Waals surface area (Å²) in [6, 6.07) is 3.96. The third-order valence-corrected chi connectivity index (χ3v) is 3.80. The Morgan fingerprint density at radius 1 is 1.30 bits per heavy atom. The van der Waals surface area contributed by atoms with Crippen LogP contribution in [0, 0.1) is 5.92 Å². The Kier molecular flexibility index (Phi) is 4.49. The molecule has 1 aromatic rings. The molecule has 1 aromatic carbocycles. The van der Waals surface area contributed by atoms with E-state index in [0.29, 0.717) is 18.8 Å². The van der Waals surface area contributed by atoms with Crippen LogP contribution in [0.25, 0.3) is 0 Å². The van der Waals surface area contributed by atoms with Gasteiger partial charge in [-0.15, -0.1) is 0 Å². The molecule has 0 aromatic heterocycles. The highest BCUT2D eigenvalue weighted by atomic mass is 16.5. The Balaban J connectivity index is 2.23. The lowest BCUT2D eigenvalue weighted by Crippen LogP contribution is -2.41. The first-order valence-corrected chi connectivity index (χ1v) is 6.83. The molecule has 1 unspecified atom stereocenters. The molecule has 1 aliphatic heterocycles. The third kappa shape index (κ3) is 2.72. The van der Waals surface area contributed by atoms with Crippen LogP contribution in [0.5, 0.6) is 11.5 Å². The van der Waals surface area contributed by atoms with Crippen molar-refractivity contribution in [3.05, 3.63) is 23.3 Å². The minimum atomic E-state index is -0.128. The molecule has 0 saturated carbocycles. The highest BCUT2D eigenvalue weighted by Crippen LogP contribution is 2.33. The van der Waals surface area contributed by atoms with E-state index in [1.807, 2.05) is 24.0 Å². The zero-order chi connectivity index (χ0) is 14.7. The number of rotatable bonds is 4. The van der Waals surface area contributed by atoms with Crippen LogP contribution in [0.2, 0.25) is 0 Å². The summed E-state index contributed by atoms with van der Waals surface area (Å²) in [4.78, 5) is 14.1. The van der Waals surface area contributed by atoms with Crippen LogP contribution in [-0.4, -0.2) is 38.1 Å². The van der Waals surface area contributed by atoms with Crippen LogP contribution in [0.1, 0.15) is 18.1 Å². The number of benzene rings is 1. The second kappa shape index (κ2) is 6.13. The highest BCUT2D eigenvalue weighted by molar-refractivity contribution is 5.79. The van der Waals surface area contributed by atoms with Crippen molar-refractivity contribution < 1.29 is 14.3 Å². The molecular formula is C15H22N2O3. The quantitative estimate of drug-likeness (QED) is 0.898. The van der Waals surface area contributed by atoms with E-state index in [2.05, 4.69) is 0 Å². The lowest BCUT2D eigenvalue weighted by molar-refractivity contribution is -0.135. The molecule has 5 nitrogen and oxygen atoms in total. The Morgan fingerprint density at radius 3 is 2.45 bits per heavy atom. The van der Waals surface area contributed by atoms with Crippen molar-refractivity contribution in [3.63, 3.8) is 0 Å². The van der Waals surface area contributed by atoms with Crippen molar-refractivity contribution in [3.8, 4) is 11.5 Å². The van der Waals surface area contributed by atoms with Gasteiger partial charge in [-0.3, -0.25) is 4.79 Å². The standard InChI is InChI=1S/C15H22N2O3/c1-10(8-16)15(18)17-5-4-11-6-13(19-2)14(20-3)7-12(11)9-17/h6-7,10H,4-5,8-9,16H2,1-3H3. The summed E-state index contributed by atoms with van der Waals surface area (Å²) in [6.45, 7) is 3.59. The van der Waals surface area contributed by atoms with Crippen molar-refractivity contribution in [1.82, 2.24) is 4.90 Å². The normalized spacial score (nSPS) is 15.5. The zero-order valence-electron chi connectivity index (χ0n) is 12.3. The number of nitrogens with two attached hydrogens (primary N) is 1. The number of hydrogen-bond donors (Lipinski definition) is 1. The van der Waals surface area contributed by atoms with Crippen LogP contribution >= 0.6 is 0 Å². The molecule has 0 saturated heterocycles. The summed E-state index contributed by atoms with van der Waals surface area (Å²) in [5.74, 6) is 1.43. The molecule has 2 rings (SSSR count). The van der Waals surface area contributed by atoms with Crippen molar-refractivity contribution >= 4 is 5.91 Å². The van der Waals surface area contributed by atoms with Gasteiger partial charge in [0.05, 0.1) is 14.2 Å². The number of methoxy groups -OCH3 is 2. The summed E-state index contributed by atoms with van der Waals surface area (Å²) >= 11 is 0. The van der Waals surface area contributed by atoms with E-state index in [1.165, 1.54) is 5.56 Å². The fraction of sp³-hybridized carbons (Fsp3) is 0.533. The highest BCUT2D eigenvalue weighted by Gasteiger charge is 2.25. The molecule has 1 heterocycles. The van der Waals surface area contributed by atoms with E-state index in [1.54, 1.807) is 14.2 Å². The molecule has 0 bridgehead atoms. The van der Waals surface area contributed by atoms with Crippen LogP contribution in [0.4, 0.5) is 0 Å². The third-order valence-electron chi connectivity index (χ3n) is 3.80. The van der Waals surface area contributed by atoms with Gasteiger partial charge in [0.15, 0.2) is 11.5 Å². The zero-order valence-corrected chi connectivity index (χ0v) is 12.3. The fourth-order valence-electron chi connectivity index (χ4n) is 2.48. The average Bonchev–Trinajstić information content (AvgIpc) is 2.51. The molecular weight excluding hydrogens is 256 g/mol. The molecule has 20 heavy (non-hydrogen) atoms. The second-order valence-corrected chi connectivity index (χ2v) is 5.12. The number of hydrogen-bond acceptors (Lipinski definition) is 4. The first-order valence-electron chi connectivity index (χ1n) is 6.83. The second-order valence-electron chi connectivity index (χ2n) is 5.12. The molecule has 0 fully saturated rings. The summed E-state index contributed by atoms with van der Waals surface area (Å²) in [5, 5.41) is 0. The maximum absolute atomic E-state index is 12.2. The molecule has 5 heteroatoms. The molecule has 110 valence electrons. The van der Waals surface area contributed by atoms with Gasteiger partial charge in [-0.2, -0.15) is 0 Å². The van der Waals surface area contributed by atoms with Crippen LogP contribution in [0.15, 0.2) is 12.1 Å². The smallest absolute Gasteiger partial charge is 0.226 e. The summed E-state index contributed by atoms with van der Waals surface area (Å²) in [5.41, 5.74) is 7.91. The molecule has 0 aliphatic carbocycles. The van der Waals surface area contributed by atoms with E-state index in [0.717, 1.165) is 24.3 Å². The molecule has 0 radical (unpaired) electrons. The van der Waals surface area contributed by atoms with Crippen LogP contribution < -0.4 is 15.2 Å². The maximum Gasteiger partial charge on any atom is 0.226 e. The summed E-state index contributed by atoms with van der Waals surface area (Å²) < 4.78 is 10.6. The van der Waals surface area contributed by atoms with Crippen molar-refractivity contribution in [2.45, 2.75) is 19.9 Å². The largest absolute Gasteiger partial charge is 0.493 e. The minimum absolute atomic E-state index is 0.118. The number of amides is 1. The van der Waals surface area contributed by atoms with Crippen LogP contribution in [-0.2, 0) is 17.8 Å². The van der Waals surface area contributed by atoms with Gasteiger partial charge >= 0.3 is 0 Å². The SMILES string of the molecule is COc1cc2c(cc1OC)CN(C(=O)C(C)CN)CC2. The number of carbonyl (C=O) groups excluding carboxylic acids is 1. The Labute approximate surface area is 119 Å². The lowest BCUT2D eigenvalue weighted by Gasteiger charge is -2.31. The summed E-state index contributed by atoms with van der Waals surface area (Å²) in [6.07, 6.45) is 0.832. The van der Waals surface area contributed by atoms with Gasteiger partial charge in [0.1, 0.15) is 0 Å². The molecule has 1 aliphatic rings. The minimum Gasteiger partial charge on any atom is -0.493 e. The van der Waals surface area contributed by atoms with Gasteiger partial charge in [-0.05, 0) is 29.7 Å². The number of fused-ring (bicyclic) bond motifs is 1. The number of carbonyl (C=O) groups is 1. The van der Waals surface area contributed by atoms with E-state index in [4.69, 9.17) is 15.2 Å². The molecule has 0 spiro atoms. The van der Waals surface area contributed by atoms with Crippen molar-refractivity contribution in [2.75, 3.05) is 27.3 Å². The molecule has 1 atom stereocenters. The van der Waals surface area contributed by atoms with Crippen molar-refractivity contribution in [2.24, 2.45) is 11.7 Å². The lowest BCUT2D eigenvalue weighted by atomic mass is 9.97. The monoisotopic (exact) mass is 278 g/mol. The number of ether oxygens (including phenoxy) is 2. The average molecular weight is 278 g/mol. The van der Waals surface area contributed by atoms with Crippen LogP contribution in [0.3, 0.4) is 0 Å². The van der Waals surface area contributed by atoms with Gasteiger partial charge in [0, 0.05) is 25.6 Å². The fourth-order valence-corrected chi connectivity index (χ4v) is 2.48. The first-order chi connectivity index (χ1) is 9.60. The van der Waals surface area contributed by atoms with E-state index in [-0.39, 0.29) is 11.8 Å². The van der Waals surface area contributed by atoms with Gasteiger partial charge in [0.2, 0.25) is 5.91 Å². The maximum atomic E-state index is 12.2. The topological polar surface area (TPSA) is 64.8 Å². The Morgan fingerprint density at radius 2 is 1.90 bits per heavy atom. The van der Waals surface area contributed by atoms with E-state index in [9.17, 15) is 4.79 Å². The predicted octanol–water partition coefficient (Wildman–Crippen LogP) is 1.18. The van der Waals surface area contributed by atoms with Gasteiger partial charge in [-0.1, -0.05) is 6.92 Å². The van der Waals surface area contributed by atoms with E-state index < -0.39 is 0 Å². The molecule has 2 N–H and O–H groups in total. The van der Waals surface area contributed by atoms with Gasteiger partial charge < -0.3 is 20.1 Å². The molecule has 1 amide bonds.